The van der Waals surface area contributed by atoms with Crippen LogP contribution in [0.1, 0.15) is 56.8 Å². The Kier molecular flexibility index (Phi) is 8.98. The second-order valence-corrected chi connectivity index (χ2v) is 12.0. The Balaban J connectivity index is 1.24. The second-order valence-electron chi connectivity index (χ2n) is 10.8. The summed E-state index contributed by atoms with van der Waals surface area (Å²) in [4.78, 5) is 17.4. The summed E-state index contributed by atoms with van der Waals surface area (Å²) in [5, 5.41) is 1.74. The number of ether oxygens (including phenoxy) is 2. The molecule has 2 aromatic rings. The number of rotatable bonds is 6. The summed E-state index contributed by atoms with van der Waals surface area (Å²) in [5.74, 6) is 1.12. The summed E-state index contributed by atoms with van der Waals surface area (Å²) in [6.45, 7) is 10.7. The molecule has 196 valence electrons. The average molecular weight is 554 g/mol. The van der Waals surface area contributed by atoms with Gasteiger partial charge in [-0.2, -0.15) is 0 Å². The summed E-state index contributed by atoms with van der Waals surface area (Å²) in [6.07, 6.45) is 4.43. The number of benzene rings is 2. The van der Waals surface area contributed by atoms with Crippen molar-refractivity contribution >= 4 is 46.5 Å². The van der Waals surface area contributed by atoms with Gasteiger partial charge in [-0.3, -0.25) is 0 Å². The van der Waals surface area contributed by atoms with Gasteiger partial charge >= 0.3 is 5.97 Å². The van der Waals surface area contributed by atoms with E-state index < -0.39 is 5.60 Å². The van der Waals surface area contributed by atoms with Crippen LogP contribution >= 0.6 is 34.8 Å². The van der Waals surface area contributed by atoms with Crippen LogP contribution < -0.4 is 9.64 Å². The topological polar surface area (TPSA) is 42.0 Å². The maximum absolute atomic E-state index is 12.5. The average Bonchev–Trinajstić information content (AvgIpc) is 2.82. The lowest BCUT2D eigenvalue weighted by Crippen LogP contribution is -2.43. The second kappa shape index (κ2) is 11.8. The first-order chi connectivity index (χ1) is 17.1. The number of piperidine rings is 2. The molecule has 0 spiro atoms. The highest BCUT2D eigenvalue weighted by Crippen LogP contribution is 2.32. The minimum absolute atomic E-state index is 0.208. The zero-order valence-electron chi connectivity index (χ0n) is 21.2. The zero-order chi connectivity index (χ0) is 25.9. The lowest BCUT2D eigenvalue weighted by molar-refractivity contribution is 0.00695. The fourth-order valence-corrected chi connectivity index (χ4v) is 5.42. The number of nitrogens with zero attached hydrogens (tertiary/aromatic N) is 2. The predicted octanol–water partition coefficient (Wildman–Crippen LogP) is 7.36. The highest BCUT2D eigenvalue weighted by molar-refractivity contribution is 6.42. The third kappa shape index (κ3) is 7.44. The minimum atomic E-state index is -0.528. The first kappa shape index (κ1) is 27.4. The van der Waals surface area contributed by atoms with Crippen LogP contribution in [-0.4, -0.2) is 55.3 Å². The molecule has 5 nitrogen and oxygen atoms in total. The minimum Gasteiger partial charge on any atom is -0.490 e. The first-order valence-corrected chi connectivity index (χ1v) is 13.8. The molecule has 2 saturated heterocycles. The van der Waals surface area contributed by atoms with Gasteiger partial charge in [-0.25, -0.2) is 4.79 Å². The van der Waals surface area contributed by atoms with E-state index in [0.717, 1.165) is 69.8 Å². The number of carbonyl (C=O) groups excluding carboxylic acids is 1. The van der Waals surface area contributed by atoms with Crippen molar-refractivity contribution in [1.82, 2.24) is 4.90 Å². The summed E-state index contributed by atoms with van der Waals surface area (Å²) in [7, 11) is 0. The molecule has 0 radical (unpaired) electrons. The van der Waals surface area contributed by atoms with E-state index in [0.29, 0.717) is 26.5 Å². The Morgan fingerprint density at radius 3 is 2.19 bits per heavy atom. The number of esters is 1. The van der Waals surface area contributed by atoms with Crippen LogP contribution in [0.25, 0.3) is 0 Å². The quantitative estimate of drug-likeness (QED) is 0.350. The van der Waals surface area contributed by atoms with E-state index in [4.69, 9.17) is 44.3 Å². The number of anilines is 1. The van der Waals surface area contributed by atoms with Gasteiger partial charge in [-0.05, 0) is 82.7 Å². The zero-order valence-corrected chi connectivity index (χ0v) is 23.5. The predicted molar refractivity (Wildman–Crippen MR) is 148 cm³/mol. The van der Waals surface area contributed by atoms with Crippen LogP contribution in [0.5, 0.6) is 5.75 Å². The van der Waals surface area contributed by atoms with Crippen LogP contribution in [-0.2, 0) is 4.74 Å². The number of hydrogen-bond acceptors (Lipinski definition) is 5. The summed E-state index contributed by atoms with van der Waals surface area (Å²) >= 11 is 18.6. The Hall–Kier alpha value is -1.66. The molecule has 2 aromatic carbocycles. The van der Waals surface area contributed by atoms with Crippen molar-refractivity contribution in [3.63, 3.8) is 0 Å². The van der Waals surface area contributed by atoms with Crippen molar-refractivity contribution in [3.05, 3.63) is 57.0 Å². The number of carbonyl (C=O) groups is 1. The molecule has 0 bridgehead atoms. The maximum atomic E-state index is 12.5. The Morgan fingerprint density at radius 1 is 0.889 bits per heavy atom. The van der Waals surface area contributed by atoms with Gasteiger partial charge in [0.1, 0.15) is 17.5 Å². The Bertz CT molecular complexity index is 1060. The normalized spacial score (nSPS) is 18.3. The molecule has 8 heteroatoms. The summed E-state index contributed by atoms with van der Waals surface area (Å²) < 4.78 is 11.7. The molecule has 0 amide bonds. The van der Waals surface area contributed by atoms with Crippen LogP contribution in [0.3, 0.4) is 0 Å². The molecule has 36 heavy (non-hydrogen) atoms. The van der Waals surface area contributed by atoms with Crippen molar-refractivity contribution in [1.29, 1.82) is 0 Å². The van der Waals surface area contributed by atoms with E-state index in [1.165, 1.54) is 0 Å². The van der Waals surface area contributed by atoms with Crippen molar-refractivity contribution in [2.75, 3.05) is 37.6 Å². The van der Waals surface area contributed by atoms with Gasteiger partial charge in [0.2, 0.25) is 0 Å². The van der Waals surface area contributed by atoms with E-state index in [1.54, 1.807) is 24.3 Å². The van der Waals surface area contributed by atoms with Gasteiger partial charge in [0.05, 0.1) is 26.3 Å². The molecule has 0 N–H and O–H groups in total. The van der Waals surface area contributed by atoms with Gasteiger partial charge < -0.3 is 19.3 Å². The number of halogens is 3. The van der Waals surface area contributed by atoms with Crippen LogP contribution in [0, 0.1) is 5.92 Å². The molecule has 0 aromatic heterocycles. The molecule has 0 atom stereocenters. The van der Waals surface area contributed by atoms with E-state index >= 15 is 0 Å². The van der Waals surface area contributed by atoms with E-state index in [-0.39, 0.29) is 12.1 Å². The first-order valence-electron chi connectivity index (χ1n) is 12.7. The lowest BCUT2D eigenvalue weighted by Gasteiger charge is -2.38. The molecule has 0 aliphatic carbocycles. The number of likely N-dealkylation sites (tertiary alicyclic amines) is 1. The maximum Gasteiger partial charge on any atom is 0.338 e. The molecule has 2 fully saturated rings. The summed E-state index contributed by atoms with van der Waals surface area (Å²) in [6, 6.07) is 10.9. The molecule has 2 aliphatic heterocycles. The standard InChI is InChI=1S/C28H35Cl3N2O3/c1-28(2,3)36-27(34)20-4-6-24(30)26(16-20)33-14-8-19(9-15-33)18-32-12-10-21(11-13-32)35-22-5-7-23(29)25(31)17-22/h4-7,16-17,19,21H,8-15,18H2,1-3H3. The molecular formula is C28H35Cl3N2O3. The fourth-order valence-electron chi connectivity index (χ4n) is 4.89. The molecule has 0 saturated carbocycles. The third-order valence-electron chi connectivity index (χ3n) is 6.78. The van der Waals surface area contributed by atoms with Crippen molar-refractivity contribution in [3.8, 4) is 5.75 Å². The Morgan fingerprint density at radius 2 is 1.56 bits per heavy atom. The van der Waals surface area contributed by atoms with Crippen LogP contribution in [0.15, 0.2) is 36.4 Å². The van der Waals surface area contributed by atoms with Crippen molar-refractivity contribution < 1.29 is 14.3 Å². The van der Waals surface area contributed by atoms with Gasteiger partial charge in [0, 0.05) is 38.8 Å². The molecule has 2 aliphatic rings. The smallest absolute Gasteiger partial charge is 0.338 e. The molecule has 0 unspecified atom stereocenters. The van der Waals surface area contributed by atoms with E-state index in [2.05, 4.69) is 9.80 Å². The lowest BCUT2D eigenvalue weighted by atomic mass is 9.94. The third-order valence-corrected chi connectivity index (χ3v) is 7.84. The Labute approximate surface area is 229 Å². The van der Waals surface area contributed by atoms with Gasteiger partial charge in [-0.15, -0.1) is 0 Å². The van der Waals surface area contributed by atoms with Crippen LogP contribution in [0.4, 0.5) is 5.69 Å². The van der Waals surface area contributed by atoms with E-state index in [1.807, 2.05) is 32.9 Å². The van der Waals surface area contributed by atoms with Crippen LogP contribution in [0.2, 0.25) is 15.1 Å². The van der Waals surface area contributed by atoms with Gasteiger partial charge in [0.25, 0.3) is 0 Å². The molecule has 2 heterocycles. The SMILES string of the molecule is CC(C)(C)OC(=O)c1ccc(Cl)c(N2CCC(CN3CCC(Oc4ccc(Cl)c(Cl)c4)CC3)CC2)c1. The van der Waals surface area contributed by atoms with Crippen molar-refractivity contribution in [2.45, 2.75) is 58.2 Å². The number of hydrogen-bond donors (Lipinski definition) is 0. The van der Waals surface area contributed by atoms with Gasteiger partial charge in [0.15, 0.2) is 0 Å². The highest BCUT2D eigenvalue weighted by Gasteiger charge is 2.27. The van der Waals surface area contributed by atoms with E-state index in [9.17, 15) is 4.79 Å². The highest BCUT2D eigenvalue weighted by atomic mass is 35.5. The largest absolute Gasteiger partial charge is 0.490 e. The molecular weight excluding hydrogens is 519 g/mol. The van der Waals surface area contributed by atoms with Gasteiger partial charge in [-0.1, -0.05) is 34.8 Å². The monoisotopic (exact) mass is 552 g/mol. The fraction of sp³-hybridized carbons (Fsp3) is 0.536. The molecule has 4 rings (SSSR count). The van der Waals surface area contributed by atoms with Crippen molar-refractivity contribution in [2.24, 2.45) is 5.92 Å². The summed E-state index contributed by atoms with van der Waals surface area (Å²) in [5.41, 5.74) is 0.926.